The number of aliphatic carboxylic acids is 1. The maximum Gasteiger partial charge on any atom is 0.329 e. The summed E-state index contributed by atoms with van der Waals surface area (Å²) in [6.45, 7) is 3.78. The minimum Gasteiger partial charge on any atom is -0.480 e. The second-order valence-electron chi connectivity index (χ2n) is 5.42. The number of hydrogen-bond donors (Lipinski definition) is 4. The highest BCUT2D eigenvalue weighted by Crippen LogP contribution is 2.18. The molecule has 0 aromatic rings. The van der Waals surface area contributed by atoms with Gasteiger partial charge < -0.3 is 21.1 Å². The Morgan fingerprint density at radius 3 is 2.29 bits per heavy atom. The van der Waals surface area contributed by atoms with Crippen molar-refractivity contribution in [2.45, 2.75) is 64.0 Å². The Morgan fingerprint density at radius 2 is 1.81 bits per heavy atom. The molecule has 0 bridgehead atoms. The molecule has 0 atom stereocenters. The largest absolute Gasteiger partial charge is 0.480 e. The van der Waals surface area contributed by atoms with Crippen LogP contribution in [0.2, 0.25) is 0 Å². The second-order valence-corrected chi connectivity index (χ2v) is 5.42. The fourth-order valence-electron chi connectivity index (χ4n) is 2.02. The summed E-state index contributed by atoms with van der Waals surface area (Å²) in [4.78, 5) is 34.4. The van der Waals surface area contributed by atoms with Crippen LogP contribution in [0.3, 0.4) is 0 Å². The highest BCUT2D eigenvalue weighted by Gasteiger charge is 2.36. The van der Waals surface area contributed by atoms with Crippen LogP contribution in [0.4, 0.5) is 4.79 Å². The summed E-state index contributed by atoms with van der Waals surface area (Å²) in [5, 5.41) is 17.2. The van der Waals surface area contributed by atoms with Crippen molar-refractivity contribution in [3.8, 4) is 0 Å². The van der Waals surface area contributed by atoms with Crippen molar-refractivity contribution in [3.05, 3.63) is 0 Å². The lowest BCUT2D eigenvalue weighted by Crippen LogP contribution is -2.56. The van der Waals surface area contributed by atoms with Gasteiger partial charge in [0.2, 0.25) is 5.91 Å². The molecule has 1 aliphatic rings. The molecular weight excluding hydrogens is 274 g/mol. The summed E-state index contributed by atoms with van der Waals surface area (Å²) in [5.41, 5.74) is -1.23. The molecule has 120 valence electrons. The van der Waals surface area contributed by atoms with Crippen molar-refractivity contribution in [2.75, 3.05) is 6.54 Å². The molecule has 1 rings (SSSR count). The number of carboxylic acid groups (broad SMARTS) is 1. The van der Waals surface area contributed by atoms with Gasteiger partial charge in [-0.1, -0.05) is 13.8 Å². The van der Waals surface area contributed by atoms with Crippen molar-refractivity contribution in [2.24, 2.45) is 0 Å². The van der Waals surface area contributed by atoms with Crippen molar-refractivity contribution < 1.29 is 19.5 Å². The summed E-state index contributed by atoms with van der Waals surface area (Å²) >= 11 is 0. The van der Waals surface area contributed by atoms with E-state index in [4.69, 9.17) is 0 Å². The number of nitrogens with one attached hydrogen (secondary N) is 3. The van der Waals surface area contributed by atoms with Crippen LogP contribution in [-0.2, 0) is 9.59 Å². The third kappa shape index (κ3) is 5.61. The van der Waals surface area contributed by atoms with Gasteiger partial charge in [0.25, 0.3) is 0 Å². The van der Waals surface area contributed by atoms with Crippen LogP contribution in [0.1, 0.15) is 52.4 Å². The quantitative estimate of drug-likeness (QED) is 0.476. The van der Waals surface area contributed by atoms with Gasteiger partial charge in [0.1, 0.15) is 5.54 Å². The standard InChI is InChI=1S/C14H25N3O4/c1-3-14(4-2,12(19)20)17-13(21)15-9-5-6-11(18)16-10-7-8-10/h10H,3-9H2,1-2H3,(H,16,18)(H,19,20)(H2,15,17,21). The molecule has 0 saturated heterocycles. The molecular formula is C14H25N3O4. The summed E-state index contributed by atoms with van der Waals surface area (Å²) in [6.07, 6.45) is 3.63. The third-order valence-corrected chi connectivity index (χ3v) is 3.78. The van der Waals surface area contributed by atoms with Crippen LogP contribution in [0.15, 0.2) is 0 Å². The predicted molar refractivity (Wildman–Crippen MR) is 77.9 cm³/mol. The van der Waals surface area contributed by atoms with Gasteiger partial charge in [0, 0.05) is 19.0 Å². The lowest BCUT2D eigenvalue weighted by atomic mass is 9.93. The monoisotopic (exact) mass is 299 g/mol. The van der Waals surface area contributed by atoms with E-state index in [1.165, 1.54) is 0 Å². The van der Waals surface area contributed by atoms with Crippen molar-refractivity contribution in [1.82, 2.24) is 16.0 Å². The molecule has 0 spiro atoms. The topological polar surface area (TPSA) is 108 Å². The van der Waals surface area contributed by atoms with Crippen LogP contribution in [-0.4, -0.2) is 41.1 Å². The molecule has 21 heavy (non-hydrogen) atoms. The number of amides is 3. The Labute approximate surface area is 124 Å². The average Bonchev–Trinajstić information content (AvgIpc) is 3.24. The second kappa shape index (κ2) is 7.85. The van der Waals surface area contributed by atoms with E-state index in [0.717, 1.165) is 12.8 Å². The molecule has 0 radical (unpaired) electrons. The third-order valence-electron chi connectivity index (χ3n) is 3.78. The Kier molecular flexibility index (Phi) is 6.45. The van der Waals surface area contributed by atoms with Crippen LogP contribution >= 0.6 is 0 Å². The van der Waals surface area contributed by atoms with E-state index in [9.17, 15) is 19.5 Å². The van der Waals surface area contributed by atoms with Crippen LogP contribution in [0, 0.1) is 0 Å². The Bertz CT molecular complexity index is 390. The smallest absolute Gasteiger partial charge is 0.329 e. The zero-order valence-corrected chi connectivity index (χ0v) is 12.7. The van der Waals surface area contributed by atoms with Crippen molar-refractivity contribution >= 4 is 17.9 Å². The van der Waals surface area contributed by atoms with E-state index in [0.29, 0.717) is 38.3 Å². The fraction of sp³-hybridized carbons (Fsp3) is 0.786. The maximum absolute atomic E-state index is 11.7. The van der Waals surface area contributed by atoms with Crippen molar-refractivity contribution in [1.29, 1.82) is 0 Å². The highest BCUT2D eigenvalue weighted by molar-refractivity contribution is 5.86. The summed E-state index contributed by atoms with van der Waals surface area (Å²) in [5.74, 6) is -1.03. The first kappa shape index (κ1) is 17.3. The molecule has 3 amide bonds. The number of rotatable bonds is 9. The lowest BCUT2D eigenvalue weighted by Gasteiger charge is -2.28. The van der Waals surface area contributed by atoms with E-state index < -0.39 is 17.5 Å². The van der Waals surface area contributed by atoms with E-state index in [1.807, 2.05) is 0 Å². The number of hydrogen-bond acceptors (Lipinski definition) is 3. The van der Waals surface area contributed by atoms with Gasteiger partial charge in [0.05, 0.1) is 0 Å². The zero-order valence-electron chi connectivity index (χ0n) is 12.7. The first-order chi connectivity index (χ1) is 9.93. The Morgan fingerprint density at radius 1 is 1.19 bits per heavy atom. The average molecular weight is 299 g/mol. The molecule has 1 saturated carbocycles. The van der Waals surface area contributed by atoms with Gasteiger partial charge in [-0.3, -0.25) is 4.79 Å². The van der Waals surface area contributed by atoms with Gasteiger partial charge in [0.15, 0.2) is 0 Å². The highest BCUT2D eigenvalue weighted by atomic mass is 16.4. The molecule has 0 aliphatic heterocycles. The molecule has 1 fully saturated rings. The molecule has 0 aromatic carbocycles. The fourth-order valence-corrected chi connectivity index (χ4v) is 2.02. The lowest BCUT2D eigenvalue weighted by molar-refractivity contribution is -0.144. The number of carbonyl (C=O) groups is 3. The van der Waals surface area contributed by atoms with Crippen LogP contribution < -0.4 is 16.0 Å². The Balaban J connectivity index is 2.23. The number of carbonyl (C=O) groups excluding carboxylic acids is 2. The Hall–Kier alpha value is -1.79. The van der Waals surface area contributed by atoms with Crippen LogP contribution in [0.25, 0.3) is 0 Å². The summed E-state index contributed by atoms with van der Waals surface area (Å²) in [7, 11) is 0. The van der Waals surface area contributed by atoms with Gasteiger partial charge >= 0.3 is 12.0 Å². The van der Waals surface area contributed by atoms with E-state index in [2.05, 4.69) is 16.0 Å². The van der Waals surface area contributed by atoms with E-state index in [1.54, 1.807) is 13.8 Å². The maximum atomic E-state index is 11.7. The zero-order chi connectivity index (χ0) is 15.9. The van der Waals surface area contributed by atoms with Crippen LogP contribution in [0.5, 0.6) is 0 Å². The van der Waals surface area contributed by atoms with Crippen molar-refractivity contribution in [3.63, 3.8) is 0 Å². The molecule has 7 heteroatoms. The van der Waals surface area contributed by atoms with Gasteiger partial charge in [-0.15, -0.1) is 0 Å². The first-order valence-corrected chi connectivity index (χ1v) is 7.52. The molecule has 1 aliphatic carbocycles. The van der Waals surface area contributed by atoms with E-state index >= 15 is 0 Å². The van der Waals surface area contributed by atoms with Gasteiger partial charge in [-0.05, 0) is 32.1 Å². The number of urea groups is 1. The normalized spacial score (nSPS) is 14.4. The SMILES string of the molecule is CCC(CC)(NC(=O)NCCCC(=O)NC1CC1)C(=O)O. The minimum atomic E-state index is -1.23. The summed E-state index contributed by atoms with van der Waals surface area (Å²) in [6, 6.07) is -0.164. The predicted octanol–water partition coefficient (Wildman–Crippen LogP) is 0.988. The van der Waals surface area contributed by atoms with Gasteiger partial charge in [-0.25, -0.2) is 9.59 Å². The van der Waals surface area contributed by atoms with Gasteiger partial charge in [-0.2, -0.15) is 0 Å². The minimum absolute atomic E-state index is 0.00158. The summed E-state index contributed by atoms with van der Waals surface area (Å²) < 4.78 is 0. The molecule has 0 unspecified atom stereocenters. The number of carboxylic acids is 1. The first-order valence-electron chi connectivity index (χ1n) is 7.52. The molecule has 4 N–H and O–H groups in total. The molecule has 7 nitrogen and oxygen atoms in total. The van der Waals surface area contributed by atoms with E-state index in [-0.39, 0.29) is 5.91 Å². The molecule has 0 heterocycles. The molecule has 0 aromatic heterocycles.